The standard InChI is InChI=1S/C15H18N2O/c1-11-6-4-5-7-14(11)17(3)15-9-8-13(10-16-15)12(2)18/h4-10,12,18H,1-3H3/t12-/m1/s1. The Morgan fingerprint density at radius 1 is 1.17 bits per heavy atom. The van der Waals surface area contributed by atoms with E-state index < -0.39 is 6.10 Å². The van der Waals surface area contributed by atoms with Gasteiger partial charge in [0.1, 0.15) is 5.82 Å². The Balaban J connectivity index is 2.29. The highest BCUT2D eigenvalue weighted by molar-refractivity contribution is 5.62. The first-order valence-electron chi connectivity index (χ1n) is 6.03. The van der Waals surface area contributed by atoms with Crippen molar-refractivity contribution in [1.29, 1.82) is 0 Å². The smallest absolute Gasteiger partial charge is 0.132 e. The highest BCUT2D eigenvalue weighted by atomic mass is 16.3. The summed E-state index contributed by atoms with van der Waals surface area (Å²) in [5.74, 6) is 0.869. The topological polar surface area (TPSA) is 36.4 Å². The largest absolute Gasteiger partial charge is 0.389 e. The molecule has 0 saturated heterocycles. The summed E-state index contributed by atoms with van der Waals surface area (Å²) in [5, 5.41) is 9.46. The van der Waals surface area contributed by atoms with Gasteiger partial charge in [0.2, 0.25) is 0 Å². The molecule has 1 aromatic heterocycles. The monoisotopic (exact) mass is 242 g/mol. The second-order valence-electron chi connectivity index (χ2n) is 4.47. The number of aliphatic hydroxyl groups is 1. The molecule has 2 rings (SSSR count). The molecule has 0 amide bonds. The van der Waals surface area contributed by atoms with Gasteiger partial charge in [-0.3, -0.25) is 0 Å². The molecule has 0 aliphatic carbocycles. The molecule has 0 spiro atoms. The van der Waals surface area contributed by atoms with Crippen LogP contribution in [0.1, 0.15) is 24.2 Å². The molecular formula is C15H18N2O. The second-order valence-corrected chi connectivity index (χ2v) is 4.47. The number of aromatic nitrogens is 1. The van der Waals surface area contributed by atoms with Crippen LogP contribution in [0.2, 0.25) is 0 Å². The van der Waals surface area contributed by atoms with Crippen LogP contribution in [0.3, 0.4) is 0 Å². The molecule has 0 radical (unpaired) electrons. The molecule has 18 heavy (non-hydrogen) atoms. The molecular weight excluding hydrogens is 224 g/mol. The summed E-state index contributed by atoms with van der Waals surface area (Å²) in [6.07, 6.45) is 1.24. The lowest BCUT2D eigenvalue weighted by atomic mass is 10.1. The lowest BCUT2D eigenvalue weighted by Gasteiger charge is -2.20. The summed E-state index contributed by atoms with van der Waals surface area (Å²) in [6.45, 7) is 3.82. The summed E-state index contributed by atoms with van der Waals surface area (Å²) in [5.41, 5.74) is 3.17. The van der Waals surface area contributed by atoms with Crippen LogP contribution in [-0.2, 0) is 0 Å². The molecule has 94 valence electrons. The van der Waals surface area contributed by atoms with E-state index in [0.29, 0.717) is 0 Å². The van der Waals surface area contributed by atoms with Gasteiger partial charge in [-0.15, -0.1) is 0 Å². The molecule has 3 heteroatoms. The minimum Gasteiger partial charge on any atom is -0.389 e. The van der Waals surface area contributed by atoms with Crippen LogP contribution in [0.15, 0.2) is 42.6 Å². The lowest BCUT2D eigenvalue weighted by molar-refractivity contribution is 0.199. The SMILES string of the molecule is Cc1ccccc1N(C)c1ccc([C@@H](C)O)cn1. The van der Waals surface area contributed by atoms with Crippen LogP contribution in [0.25, 0.3) is 0 Å². The van der Waals surface area contributed by atoms with Gasteiger partial charge in [-0.05, 0) is 37.1 Å². The summed E-state index contributed by atoms with van der Waals surface area (Å²) in [6, 6.07) is 12.0. The molecule has 0 unspecified atom stereocenters. The van der Waals surface area contributed by atoms with E-state index in [1.54, 1.807) is 13.1 Å². The third kappa shape index (κ3) is 2.51. The molecule has 1 heterocycles. The average molecular weight is 242 g/mol. The third-order valence-corrected chi connectivity index (χ3v) is 3.07. The van der Waals surface area contributed by atoms with E-state index >= 15 is 0 Å². The van der Waals surface area contributed by atoms with Crippen LogP contribution >= 0.6 is 0 Å². The predicted octanol–water partition coefficient (Wildman–Crippen LogP) is 3.21. The van der Waals surface area contributed by atoms with E-state index in [-0.39, 0.29) is 0 Å². The van der Waals surface area contributed by atoms with Crippen LogP contribution < -0.4 is 4.90 Å². The lowest BCUT2D eigenvalue weighted by Crippen LogP contribution is -2.12. The Morgan fingerprint density at radius 3 is 2.44 bits per heavy atom. The van der Waals surface area contributed by atoms with E-state index in [4.69, 9.17) is 0 Å². The Kier molecular flexibility index (Phi) is 3.63. The predicted molar refractivity (Wildman–Crippen MR) is 74.1 cm³/mol. The first kappa shape index (κ1) is 12.6. The van der Waals surface area contributed by atoms with E-state index in [0.717, 1.165) is 17.1 Å². The maximum Gasteiger partial charge on any atom is 0.132 e. The van der Waals surface area contributed by atoms with Crippen molar-refractivity contribution in [2.24, 2.45) is 0 Å². The molecule has 0 fully saturated rings. The van der Waals surface area contributed by atoms with Gasteiger partial charge in [0.25, 0.3) is 0 Å². The van der Waals surface area contributed by atoms with Gasteiger partial charge in [0.05, 0.1) is 6.10 Å². The molecule has 0 aliphatic heterocycles. The zero-order chi connectivity index (χ0) is 13.1. The van der Waals surface area contributed by atoms with E-state index in [2.05, 4.69) is 24.0 Å². The quantitative estimate of drug-likeness (QED) is 0.897. The number of nitrogens with zero attached hydrogens (tertiary/aromatic N) is 2. The Hall–Kier alpha value is -1.87. The fourth-order valence-electron chi connectivity index (χ4n) is 1.91. The number of hydrogen-bond acceptors (Lipinski definition) is 3. The Labute approximate surface area is 108 Å². The minimum atomic E-state index is -0.477. The van der Waals surface area contributed by atoms with Crippen molar-refractivity contribution in [3.8, 4) is 0 Å². The Morgan fingerprint density at radius 2 is 1.89 bits per heavy atom. The van der Waals surface area contributed by atoms with E-state index in [9.17, 15) is 5.11 Å². The van der Waals surface area contributed by atoms with Gasteiger partial charge in [0, 0.05) is 18.9 Å². The van der Waals surface area contributed by atoms with Crippen molar-refractivity contribution in [2.45, 2.75) is 20.0 Å². The number of para-hydroxylation sites is 1. The van der Waals surface area contributed by atoms with Crippen molar-refractivity contribution in [3.63, 3.8) is 0 Å². The highest BCUT2D eigenvalue weighted by Crippen LogP contribution is 2.25. The fourth-order valence-corrected chi connectivity index (χ4v) is 1.91. The molecule has 2 aromatic rings. The van der Waals surface area contributed by atoms with Crippen molar-refractivity contribution < 1.29 is 5.11 Å². The highest BCUT2D eigenvalue weighted by Gasteiger charge is 2.08. The molecule has 0 saturated carbocycles. The molecule has 1 aromatic carbocycles. The summed E-state index contributed by atoms with van der Waals surface area (Å²) < 4.78 is 0. The van der Waals surface area contributed by atoms with Gasteiger partial charge >= 0.3 is 0 Å². The van der Waals surface area contributed by atoms with Crippen LogP contribution in [0, 0.1) is 6.92 Å². The molecule has 0 aliphatic rings. The first-order valence-corrected chi connectivity index (χ1v) is 6.03. The van der Waals surface area contributed by atoms with Crippen molar-refractivity contribution in [3.05, 3.63) is 53.7 Å². The Bertz CT molecular complexity index is 520. The summed E-state index contributed by atoms with van der Waals surface area (Å²) in [4.78, 5) is 6.43. The van der Waals surface area contributed by atoms with Crippen LogP contribution in [0.5, 0.6) is 0 Å². The van der Waals surface area contributed by atoms with Gasteiger partial charge in [-0.2, -0.15) is 0 Å². The van der Waals surface area contributed by atoms with Gasteiger partial charge < -0.3 is 10.0 Å². The molecule has 1 atom stereocenters. The average Bonchev–Trinajstić information content (AvgIpc) is 2.38. The molecule has 3 nitrogen and oxygen atoms in total. The van der Waals surface area contributed by atoms with E-state index in [1.165, 1.54) is 5.56 Å². The number of aliphatic hydroxyl groups excluding tert-OH is 1. The van der Waals surface area contributed by atoms with Crippen molar-refractivity contribution in [2.75, 3.05) is 11.9 Å². The molecule has 0 bridgehead atoms. The number of benzene rings is 1. The second kappa shape index (κ2) is 5.19. The number of aryl methyl sites for hydroxylation is 1. The first-order chi connectivity index (χ1) is 8.59. The van der Waals surface area contributed by atoms with Gasteiger partial charge in [-0.1, -0.05) is 24.3 Å². The molecule has 1 N–H and O–H groups in total. The maximum atomic E-state index is 9.46. The van der Waals surface area contributed by atoms with Crippen molar-refractivity contribution >= 4 is 11.5 Å². The summed E-state index contributed by atoms with van der Waals surface area (Å²) in [7, 11) is 1.99. The zero-order valence-corrected chi connectivity index (χ0v) is 11.0. The summed E-state index contributed by atoms with van der Waals surface area (Å²) >= 11 is 0. The van der Waals surface area contributed by atoms with E-state index in [1.807, 2.05) is 36.2 Å². The van der Waals surface area contributed by atoms with Gasteiger partial charge in [0.15, 0.2) is 0 Å². The fraction of sp³-hybridized carbons (Fsp3) is 0.267. The zero-order valence-electron chi connectivity index (χ0n) is 11.0. The normalized spacial score (nSPS) is 12.2. The maximum absolute atomic E-state index is 9.46. The number of anilines is 2. The number of rotatable bonds is 3. The van der Waals surface area contributed by atoms with Crippen LogP contribution in [0.4, 0.5) is 11.5 Å². The minimum absolute atomic E-state index is 0.477. The van der Waals surface area contributed by atoms with Crippen LogP contribution in [-0.4, -0.2) is 17.1 Å². The van der Waals surface area contributed by atoms with Gasteiger partial charge in [-0.25, -0.2) is 4.98 Å². The number of hydrogen-bond donors (Lipinski definition) is 1. The third-order valence-electron chi connectivity index (χ3n) is 3.07. The van der Waals surface area contributed by atoms with Crippen molar-refractivity contribution in [1.82, 2.24) is 4.98 Å². The number of pyridine rings is 1.